The number of carbonyl (C=O) groups excluding carboxylic acids is 1. The maximum absolute atomic E-state index is 13.0. The molecule has 2 bridgehead atoms. The van der Waals surface area contributed by atoms with Crippen LogP contribution in [-0.4, -0.2) is 40.7 Å². The van der Waals surface area contributed by atoms with Gasteiger partial charge in [0, 0.05) is 42.9 Å². The minimum atomic E-state index is -0.363. The van der Waals surface area contributed by atoms with Crippen molar-refractivity contribution in [3.8, 4) is 0 Å². The Labute approximate surface area is 166 Å². The molecule has 4 rings (SSSR count). The quantitative estimate of drug-likeness (QED) is 0.738. The average molecular weight is 383 g/mol. The van der Waals surface area contributed by atoms with Crippen molar-refractivity contribution in [3.63, 3.8) is 0 Å². The van der Waals surface area contributed by atoms with Gasteiger partial charge >= 0.3 is 5.97 Å². The number of fused-ring (bicyclic) bond motifs is 3. The number of hydrogen-bond donors (Lipinski definition) is 0. The Kier molecular flexibility index (Phi) is 5.28. The van der Waals surface area contributed by atoms with Crippen LogP contribution in [0.4, 0.5) is 0 Å². The van der Waals surface area contributed by atoms with Crippen molar-refractivity contribution >= 4 is 16.9 Å². The maximum atomic E-state index is 13.0. The summed E-state index contributed by atoms with van der Waals surface area (Å²) in [6, 6.07) is 10.1. The molecular formula is C23H30N2O3. The molecule has 150 valence electrons. The van der Waals surface area contributed by atoms with Gasteiger partial charge in [-0.05, 0) is 38.3 Å². The van der Waals surface area contributed by atoms with Crippen molar-refractivity contribution in [2.24, 2.45) is 5.92 Å². The Morgan fingerprint density at radius 1 is 1.18 bits per heavy atom. The number of esters is 1. The molecule has 1 aromatic carbocycles. The molecule has 2 fully saturated rings. The highest BCUT2D eigenvalue weighted by atomic mass is 16.5. The number of pyridine rings is 1. The van der Waals surface area contributed by atoms with Crippen LogP contribution in [-0.2, 0) is 11.3 Å². The summed E-state index contributed by atoms with van der Waals surface area (Å²) in [5, 5.41) is 0.798. The summed E-state index contributed by atoms with van der Waals surface area (Å²) in [5.41, 5.74) is 1.08. The monoisotopic (exact) mass is 382 g/mol. The van der Waals surface area contributed by atoms with Gasteiger partial charge in [0.1, 0.15) is 6.10 Å². The minimum absolute atomic E-state index is 0.0525. The van der Waals surface area contributed by atoms with Gasteiger partial charge in [0.25, 0.3) is 5.56 Å². The van der Waals surface area contributed by atoms with Gasteiger partial charge in [-0.2, -0.15) is 0 Å². The SMILES string of the molecule is CC(C)CCn1c(=O)cc(C(=O)OC2CC3CCC(C2)N3C)c2ccccc21. The summed E-state index contributed by atoms with van der Waals surface area (Å²) in [4.78, 5) is 28.2. The molecule has 0 aliphatic carbocycles. The molecule has 3 heterocycles. The Balaban J connectivity index is 1.61. The third-order valence-corrected chi connectivity index (χ3v) is 6.50. The summed E-state index contributed by atoms with van der Waals surface area (Å²) < 4.78 is 7.67. The molecular weight excluding hydrogens is 352 g/mol. The molecule has 0 N–H and O–H groups in total. The van der Waals surface area contributed by atoms with Crippen LogP contribution >= 0.6 is 0 Å². The molecule has 28 heavy (non-hydrogen) atoms. The van der Waals surface area contributed by atoms with E-state index in [1.54, 1.807) is 4.57 Å². The number of benzene rings is 1. The van der Waals surface area contributed by atoms with E-state index in [2.05, 4.69) is 25.8 Å². The fraction of sp³-hybridized carbons (Fsp3) is 0.565. The van der Waals surface area contributed by atoms with Crippen LogP contribution in [0.1, 0.15) is 56.3 Å². The van der Waals surface area contributed by atoms with Crippen molar-refractivity contribution in [3.05, 3.63) is 46.2 Å². The fourth-order valence-electron chi connectivity index (χ4n) is 4.79. The van der Waals surface area contributed by atoms with Gasteiger partial charge < -0.3 is 14.2 Å². The van der Waals surface area contributed by atoms with Crippen LogP contribution in [0.5, 0.6) is 0 Å². The Morgan fingerprint density at radius 2 is 1.86 bits per heavy atom. The number of carbonyl (C=O) groups is 1. The van der Waals surface area contributed by atoms with Gasteiger partial charge in [-0.3, -0.25) is 4.79 Å². The maximum Gasteiger partial charge on any atom is 0.339 e. The minimum Gasteiger partial charge on any atom is -0.459 e. The van der Waals surface area contributed by atoms with E-state index >= 15 is 0 Å². The molecule has 1 aromatic heterocycles. The zero-order valence-electron chi connectivity index (χ0n) is 17.1. The van der Waals surface area contributed by atoms with Gasteiger partial charge in [0.15, 0.2) is 0 Å². The molecule has 2 aliphatic heterocycles. The lowest BCUT2D eigenvalue weighted by Gasteiger charge is -2.35. The average Bonchev–Trinajstić information content (AvgIpc) is 2.88. The molecule has 2 saturated heterocycles. The van der Waals surface area contributed by atoms with Gasteiger partial charge in [-0.15, -0.1) is 0 Å². The van der Waals surface area contributed by atoms with E-state index in [-0.39, 0.29) is 17.6 Å². The predicted molar refractivity (Wildman–Crippen MR) is 111 cm³/mol. The molecule has 0 spiro atoms. The van der Waals surface area contributed by atoms with Crippen molar-refractivity contribution in [2.45, 2.75) is 70.7 Å². The van der Waals surface area contributed by atoms with E-state index in [1.807, 2.05) is 24.3 Å². The number of nitrogens with zero attached hydrogens (tertiary/aromatic N) is 2. The summed E-state index contributed by atoms with van der Waals surface area (Å²) in [6.45, 7) is 4.95. The lowest BCUT2D eigenvalue weighted by atomic mass is 10.0. The highest BCUT2D eigenvalue weighted by Crippen LogP contribution is 2.35. The smallest absolute Gasteiger partial charge is 0.339 e. The van der Waals surface area contributed by atoms with Gasteiger partial charge in [-0.1, -0.05) is 32.0 Å². The van der Waals surface area contributed by atoms with Crippen molar-refractivity contribution in [1.82, 2.24) is 9.47 Å². The number of aromatic nitrogens is 1. The van der Waals surface area contributed by atoms with Crippen LogP contribution in [0, 0.1) is 5.92 Å². The van der Waals surface area contributed by atoms with E-state index < -0.39 is 0 Å². The van der Waals surface area contributed by atoms with Gasteiger partial charge in [0.05, 0.1) is 11.1 Å². The second-order valence-corrected chi connectivity index (χ2v) is 8.80. The van der Waals surface area contributed by atoms with Crippen LogP contribution in [0.3, 0.4) is 0 Å². The van der Waals surface area contributed by atoms with E-state index in [9.17, 15) is 9.59 Å². The first-order chi connectivity index (χ1) is 13.4. The highest BCUT2D eigenvalue weighted by Gasteiger charge is 2.40. The normalized spacial score (nSPS) is 24.8. The van der Waals surface area contributed by atoms with Gasteiger partial charge in [0.2, 0.25) is 0 Å². The molecule has 5 nitrogen and oxygen atoms in total. The zero-order valence-corrected chi connectivity index (χ0v) is 17.1. The lowest BCUT2D eigenvalue weighted by Crippen LogP contribution is -2.43. The van der Waals surface area contributed by atoms with Crippen molar-refractivity contribution < 1.29 is 9.53 Å². The first-order valence-corrected chi connectivity index (χ1v) is 10.5. The first kappa shape index (κ1) is 19.2. The molecule has 2 aromatic rings. The van der Waals surface area contributed by atoms with Crippen LogP contribution in [0.15, 0.2) is 35.1 Å². The molecule has 5 heteroatoms. The van der Waals surface area contributed by atoms with E-state index in [0.29, 0.717) is 30.1 Å². The Hall–Kier alpha value is -2.14. The topological polar surface area (TPSA) is 51.5 Å². The van der Waals surface area contributed by atoms with Crippen molar-refractivity contribution in [2.75, 3.05) is 7.05 Å². The molecule has 0 amide bonds. The summed E-state index contributed by atoms with van der Waals surface area (Å²) in [5.74, 6) is 0.147. The summed E-state index contributed by atoms with van der Waals surface area (Å²) in [7, 11) is 2.17. The number of ether oxygens (including phenoxy) is 1. The highest BCUT2D eigenvalue weighted by molar-refractivity contribution is 6.03. The Bertz CT molecular complexity index is 919. The molecule has 0 radical (unpaired) electrons. The third-order valence-electron chi connectivity index (χ3n) is 6.50. The van der Waals surface area contributed by atoms with Crippen molar-refractivity contribution in [1.29, 1.82) is 0 Å². The van der Waals surface area contributed by atoms with Crippen LogP contribution < -0.4 is 5.56 Å². The molecule has 2 unspecified atom stereocenters. The standard InChI is InChI=1S/C23H30N2O3/c1-15(2)10-11-25-21-7-5-4-6-19(21)20(14-22(25)26)23(27)28-18-12-16-8-9-17(13-18)24(16)3/h4-7,14-18H,8-13H2,1-3H3. The number of aryl methyl sites for hydroxylation is 1. The van der Waals surface area contributed by atoms with E-state index in [4.69, 9.17) is 4.74 Å². The number of rotatable bonds is 5. The van der Waals surface area contributed by atoms with E-state index in [0.717, 1.165) is 30.2 Å². The number of piperidine rings is 1. The van der Waals surface area contributed by atoms with Crippen LogP contribution in [0.25, 0.3) is 10.9 Å². The number of hydrogen-bond acceptors (Lipinski definition) is 4. The second kappa shape index (κ2) is 7.70. The summed E-state index contributed by atoms with van der Waals surface area (Å²) in [6.07, 6.45) is 5.02. The lowest BCUT2D eigenvalue weighted by molar-refractivity contribution is -0.000288. The molecule has 0 saturated carbocycles. The largest absolute Gasteiger partial charge is 0.459 e. The first-order valence-electron chi connectivity index (χ1n) is 10.5. The molecule has 2 aliphatic rings. The fourth-order valence-corrected chi connectivity index (χ4v) is 4.79. The third kappa shape index (κ3) is 3.60. The van der Waals surface area contributed by atoms with Gasteiger partial charge in [-0.25, -0.2) is 4.79 Å². The van der Waals surface area contributed by atoms with E-state index in [1.165, 1.54) is 18.9 Å². The second-order valence-electron chi connectivity index (χ2n) is 8.80. The number of para-hydroxylation sites is 1. The molecule has 2 atom stereocenters. The Morgan fingerprint density at radius 3 is 2.54 bits per heavy atom. The zero-order chi connectivity index (χ0) is 19.8. The van der Waals surface area contributed by atoms with Crippen LogP contribution in [0.2, 0.25) is 0 Å². The predicted octanol–water partition coefficient (Wildman–Crippen LogP) is 3.83. The summed E-state index contributed by atoms with van der Waals surface area (Å²) >= 11 is 0.